The number of nitrogens with one attached hydrogen (secondary N) is 2. The van der Waals surface area contributed by atoms with Crippen LogP contribution in [0.25, 0.3) is 0 Å². The summed E-state index contributed by atoms with van der Waals surface area (Å²) >= 11 is 0. The molecule has 2 N–H and O–H groups in total. The van der Waals surface area contributed by atoms with Crippen LogP contribution in [0.5, 0.6) is 0 Å². The van der Waals surface area contributed by atoms with Crippen LogP contribution in [-0.4, -0.2) is 30.8 Å². The highest BCUT2D eigenvalue weighted by Crippen LogP contribution is 2.26. The van der Waals surface area contributed by atoms with Gasteiger partial charge in [0.05, 0.1) is 6.54 Å². The summed E-state index contributed by atoms with van der Waals surface area (Å²) in [5, 5.41) is 5.79. The van der Waals surface area contributed by atoms with Crippen molar-refractivity contribution in [1.29, 1.82) is 0 Å². The first-order chi connectivity index (χ1) is 4.73. The van der Waals surface area contributed by atoms with Crippen LogP contribution in [0.4, 0.5) is 4.79 Å². The van der Waals surface area contributed by atoms with Gasteiger partial charge in [-0.1, -0.05) is 0 Å². The quantitative estimate of drug-likeness (QED) is 0.477. The van der Waals surface area contributed by atoms with Gasteiger partial charge in [-0.3, -0.25) is 0 Å². The summed E-state index contributed by atoms with van der Waals surface area (Å²) in [6, 6.07) is 0.298. The molecule has 2 aliphatic rings. The van der Waals surface area contributed by atoms with E-state index in [1.807, 2.05) is 6.92 Å². The van der Waals surface area contributed by atoms with Gasteiger partial charge in [-0.2, -0.15) is 0 Å². The average molecular weight is 142 g/mol. The zero-order chi connectivity index (χ0) is 7.19. The molecule has 4 heteroatoms. The van der Waals surface area contributed by atoms with E-state index >= 15 is 0 Å². The second-order valence-electron chi connectivity index (χ2n) is 2.91. The molecule has 0 aromatic carbocycles. The Hall–Kier alpha value is -0.770. The molecule has 4 nitrogen and oxygen atoms in total. The molecule has 0 aromatic rings. The number of rotatable bonds is 0. The molecule has 2 aliphatic heterocycles. The van der Waals surface area contributed by atoms with Crippen molar-refractivity contribution in [2.45, 2.75) is 18.6 Å². The minimum absolute atomic E-state index is 0.225. The Morgan fingerprint density at radius 3 is 2.70 bits per heavy atom. The summed E-state index contributed by atoms with van der Waals surface area (Å²) in [4.78, 5) is 10.6. The molecule has 0 aliphatic carbocycles. The van der Waals surface area contributed by atoms with E-state index in [1.165, 1.54) is 0 Å². The lowest BCUT2D eigenvalue weighted by Crippen LogP contribution is -2.68. The summed E-state index contributed by atoms with van der Waals surface area (Å²) in [6.07, 6.45) is -0.284. The van der Waals surface area contributed by atoms with Crippen molar-refractivity contribution in [2.24, 2.45) is 0 Å². The van der Waals surface area contributed by atoms with E-state index in [0.29, 0.717) is 12.6 Å². The monoisotopic (exact) mass is 142 g/mol. The van der Waals surface area contributed by atoms with Crippen molar-refractivity contribution >= 4 is 6.09 Å². The van der Waals surface area contributed by atoms with E-state index < -0.39 is 0 Å². The van der Waals surface area contributed by atoms with Crippen LogP contribution in [-0.2, 0) is 4.74 Å². The Labute approximate surface area is 58.9 Å². The van der Waals surface area contributed by atoms with E-state index in [4.69, 9.17) is 4.74 Å². The highest BCUT2D eigenvalue weighted by molar-refractivity contribution is 5.70. The van der Waals surface area contributed by atoms with E-state index in [9.17, 15) is 4.79 Å². The molecular weight excluding hydrogens is 132 g/mol. The molecule has 56 valence electrons. The van der Waals surface area contributed by atoms with Gasteiger partial charge >= 0.3 is 6.09 Å². The lowest BCUT2D eigenvalue weighted by molar-refractivity contribution is -0.0241. The second kappa shape index (κ2) is 1.63. The first-order valence-electron chi connectivity index (χ1n) is 3.43. The first-order valence-corrected chi connectivity index (χ1v) is 3.43. The third kappa shape index (κ3) is 0.568. The maximum Gasteiger partial charge on any atom is 0.407 e. The smallest absolute Gasteiger partial charge is 0.407 e. The molecule has 0 aromatic heterocycles. The van der Waals surface area contributed by atoms with Gasteiger partial charge < -0.3 is 15.4 Å². The van der Waals surface area contributed by atoms with Crippen molar-refractivity contribution in [3.05, 3.63) is 0 Å². The summed E-state index contributed by atoms with van der Waals surface area (Å²) in [5.74, 6) is 0. The molecule has 2 saturated heterocycles. The third-order valence-electron chi connectivity index (χ3n) is 2.32. The molecule has 1 amide bonds. The van der Waals surface area contributed by atoms with Crippen molar-refractivity contribution in [3.63, 3.8) is 0 Å². The van der Waals surface area contributed by atoms with Crippen molar-refractivity contribution in [2.75, 3.05) is 13.1 Å². The van der Waals surface area contributed by atoms with Gasteiger partial charge in [-0.25, -0.2) is 4.79 Å². The van der Waals surface area contributed by atoms with Crippen LogP contribution in [0.3, 0.4) is 0 Å². The van der Waals surface area contributed by atoms with E-state index in [2.05, 4.69) is 10.6 Å². The topological polar surface area (TPSA) is 50.4 Å². The van der Waals surface area contributed by atoms with Crippen molar-refractivity contribution in [1.82, 2.24) is 10.6 Å². The number of alkyl carbamates (subject to hydrolysis) is 1. The Balaban J connectivity index is 2.11. The maximum atomic E-state index is 10.6. The van der Waals surface area contributed by atoms with Gasteiger partial charge in [0.2, 0.25) is 0 Å². The van der Waals surface area contributed by atoms with Gasteiger partial charge in [0.25, 0.3) is 0 Å². The predicted molar refractivity (Wildman–Crippen MR) is 34.7 cm³/mol. The van der Waals surface area contributed by atoms with Gasteiger partial charge in [-0.15, -0.1) is 0 Å². The first kappa shape index (κ1) is 5.97. The minimum atomic E-state index is -0.284. The number of hydrogen-bond acceptors (Lipinski definition) is 3. The van der Waals surface area contributed by atoms with E-state index in [-0.39, 0.29) is 11.7 Å². The van der Waals surface area contributed by atoms with E-state index in [0.717, 1.165) is 6.54 Å². The molecule has 0 bridgehead atoms. The highest BCUT2D eigenvalue weighted by atomic mass is 16.6. The Morgan fingerprint density at radius 1 is 1.70 bits per heavy atom. The molecule has 2 rings (SSSR count). The maximum absolute atomic E-state index is 10.6. The molecule has 2 fully saturated rings. The van der Waals surface area contributed by atoms with Crippen LogP contribution in [0.2, 0.25) is 0 Å². The zero-order valence-corrected chi connectivity index (χ0v) is 5.81. The lowest BCUT2D eigenvalue weighted by atomic mass is 9.88. The molecule has 0 saturated carbocycles. The largest absolute Gasteiger partial charge is 0.438 e. The van der Waals surface area contributed by atoms with E-state index in [1.54, 1.807) is 0 Å². The van der Waals surface area contributed by atoms with Gasteiger partial charge in [0, 0.05) is 12.6 Å². The lowest BCUT2D eigenvalue weighted by Gasteiger charge is -2.43. The fourth-order valence-electron chi connectivity index (χ4n) is 1.35. The molecule has 10 heavy (non-hydrogen) atoms. The fraction of sp³-hybridized carbons (Fsp3) is 0.833. The molecule has 0 radical (unpaired) electrons. The summed E-state index contributed by atoms with van der Waals surface area (Å²) in [6.45, 7) is 3.46. The Kier molecular flexibility index (Phi) is 0.976. The predicted octanol–water partition coefficient (Wildman–Crippen LogP) is -0.543. The van der Waals surface area contributed by atoms with Gasteiger partial charge in [-0.05, 0) is 6.92 Å². The average Bonchev–Trinajstić information content (AvgIpc) is 2.31. The number of amides is 1. The highest BCUT2D eigenvalue weighted by Gasteiger charge is 2.51. The van der Waals surface area contributed by atoms with Crippen molar-refractivity contribution in [3.8, 4) is 0 Å². The summed E-state index contributed by atoms with van der Waals surface area (Å²) in [5.41, 5.74) is -0.225. The van der Waals surface area contributed by atoms with Crippen molar-refractivity contribution < 1.29 is 9.53 Å². The van der Waals surface area contributed by atoms with Gasteiger partial charge in [0.15, 0.2) is 5.60 Å². The molecular formula is C6H10N2O2. The van der Waals surface area contributed by atoms with Crippen LogP contribution in [0.15, 0.2) is 0 Å². The second-order valence-corrected chi connectivity index (χ2v) is 2.91. The molecule has 2 atom stereocenters. The fourth-order valence-corrected chi connectivity index (χ4v) is 1.35. The van der Waals surface area contributed by atoms with Crippen LogP contribution >= 0.6 is 0 Å². The van der Waals surface area contributed by atoms with Gasteiger partial charge in [0.1, 0.15) is 0 Å². The van der Waals surface area contributed by atoms with Crippen LogP contribution in [0.1, 0.15) is 6.92 Å². The number of carbonyl (C=O) groups excluding carboxylic acids is 1. The molecule has 1 spiro atoms. The molecule has 2 unspecified atom stereocenters. The number of ether oxygens (including phenoxy) is 1. The minimum Gasteiger partial charge on any atom is -0.438 e. The summed E-state index contributed by atoms with van der Waals surface area (Å²) < 4.78 is 5.08. The Morgan fingerprint density at radius 2 is 2.50 bits per heavy atom. The normalized spacial score (nSPS) is 44.5. The zero-order valence-electron chi connectivity index (χ0n) is 5.81. The third-order valence-corrected chi connectivity index (χ3v) is 2.32. The standard InChI is InChI=1S/C6H10N2O2/c1-4-6(2-7-4)3-8-5(9)10-6/h4,7H,2-3H2,1H3,(H,8,9). The molecule has 2 heterocycles. The SMILES string of the molecule is CC1NCC12CNC(=O)O2. The van der Waals surface area contributed by atoms with Crippen LogP contribution < -0.4 is 10.6 Å². The van der Waals surface area contributed by atoms with Crippen LogP contribution in [0, 0.1) is 0 Å². The number of carbonyl (C=O) groups is 1. The summed E-state index contributed by atoms with van der Waals surface area (Å²) in [7, 11) is 0. The Bertz CT molecular complexity index is 183. The number of hydrogen-bond donors (Lipinski definition) is 2.